The average Bonchev–Trinajstić information content (AvgIpc) is 3.52. The van der Waals surface area contributed by atoms with Crippen molar-refractivity contribution in [3.63, 3.8) is 0 Å². The number of hydrogen-bond donors (Lipinski definition) is 2. The summed E-state index contributed by atoms with van der Waals surface area (Å²) < 4.78 is 8.52. The number of anilines is 1. The van der Waals surface area contributed by atoms with Gasteiger partial charge in [-0.3, -0.25) is 4.90 Å². The number of nitrogens with zero attached hydrogens (tertiary/aromatic N) is 8. The van der Waals surface area contributed by atoms with Crippen LogP contribution < -0.4 is 10.2 Å². The molecular weight excluding hydrogens is 614 g/mol. The number of nitrogens with one attached hydrogen (secondary N) is 1. The lowest BCUT2D eigenvalue weighted by Crippen LogP contribution is -2.38. The Hall–Kier alpha value is -3.92. The van der Waals surface area contributed by atoms with Crippen LogP contribution in [0.1, 0.15) is 51.5 Å². The number of carboxylic acid groups (broad SMARTS) is 1. The largest absolute Gasteiger partial charge is 0.492 e. The molecule has 0 saturated heterocycles. The smallest absolute Gasteiger partial charge is 0.479 e. The number of urea groups is 1. The van der Waals surface area contributed by atoms with Crippen molar-refractivity contribution in [2.75, 3.05) is 25.1 Å². The molecule has 1 atom stereocenters. The van der Waals surface area contributed by atoms with E-state index in [0.717, 1.165) is 24.0 Å². The highest BCUT2D eigenvalue weighted by Crippen LogP contribution is 2.21. The zero-order chi connectivity index (χ0) is 31.2. The molecule has 230 valence electrons. The molecule has 15 nitrogen and oxygen atoms in total. The summed E-state index contributed by atoms with van der Waals surface area (Å²) in [5.74, 6) is -0.437. The Morgan fingerprint density at radius 3 is 2.29 bits per heavy atom. The van der Waals surface area contributed by atoms with Crippen molar-refractivity contribution in [2.45, 2.75) is 58.5 Å². The third-order valence-corrected chi connectivity index (χ3v) is 6.74. The number of aromatic nitrogens is 6. The van der Waals surface area contributed by atoms with Gasteiger partial charge in [-0.05, 0) is 28.8 Å². The van der Waals surface area contributed by atoms with Gasteiger partial charge in [-0.1, -0.05) is 56.9 Å². The van der Waals surface area contributed by atoms with E-state index in [-0.39, 0.29) is 12.5 Å². The summed E-state index contributed by atoms with van der Waals surface area (Å²) in [7, 11) is 4.98. The Kier molecular flexibility index (Phi) is 14.0. The maximum Gasteiger partial charge on any atom is 0.492 e. The van der Waals surface area contributed by atoms with Crippen LogP contribution in [-0.2, 0) is 30.0 Å². The molecule has 3 aromatic rings. The van der Waals surface area contributed by atoms with Crippen LogP contribution in [0, 0.1) is 10.1 Å². The molecule has 2 aromatic heterocycles. The molecule has 16 heteroatoms. The quantitative estimate of drug-likeness (QED) is 0.146. The van der Waals surface area contributed by atoms with Crippen molar-refractivity contribution < 1.29 is 24.4 Å². The average molecular weight is 653 g/mol. The van der Waals surface area contributed by atoms with Crippen LogP contribution in [0.4, 0.5) is 16.7 Å². The summed E-state index contributed by atoms with van der Waals surface area (Å²) in [6.07, 6.45) is 5.09. The van der Waals surface area contributed by atoms with Crippen LogP contribution in [0.25, 0.3) is 11.4 Å². The monoisotopic (exact) mass is 651 g/mol. The number of carbonyl (C=O) groups excluding carboxylic acids is 1. The lowest BCUT2D eigenvalue weighted by Gasteiger charge is -2.14. The van der Waals surface area contributed by atoms with E-state index >= 15 is 0 Å². The summed E-state index contributed by atoms with van der Waals surface area (Å²) in [5.41, 5.74) is 1.68. The van der Waals surface area contributed by atoms with E-state index in [9.17, 15) is 24.8 Å². The maximum absolute atomic E-state index is 12.4. The Labute approximate surface area is 252 Å². The van der Waals surface area contributed by atoms with Gasteiger partial charge >= 0.3 is 17.9 Å². The van der Waals surface area contributed by atoms with Crippen LogP contribution in [0.5, 0.6) is 0 Å². The second-order valence-electron chi connectivity index (χ2n) is 9.31. The molecule has 0 fully saturated rings. The highest BCUT2D eigenvalue weighted by Gasteiger charge is 2.20. The molecule has 0 saturated carbocycles. The molecule has 2 heterocycles. The Bertz CT molecular complexity index is 1290. The molecule has 1 aromatic carbocycles. The predicted molar refractivity (Wildman–Crippen MR) is 159 cm³/mol. The van der Waals surface area contributed by atoms with Crippen LogP contribution in [0.15, 0.2) is 29.0 Å². The second kappa shape index (κ2) is 17.1. The van der Waals surface area contributed by atoms with Crippen LogP contribution in [-0.4, -0.2) is 77.9 Å². The van der Waals surface area contributed by atoms with Gasteiger partial charge in [-0.2, -0.15) is 9.67 Å². The van der Waals surface area contributed by atoms with E-state index in [1.54, 1.807) is 32.7 Å². The van der Waals surface area contributed by atoms with E-state index in [0.29, 0.717) is 29.7 Å². The molecule has 0 radical (unpaired) electrons. The number of rotatable bonds is 14. The second-order valence-corrected chi connectivity index (χ2v) is 10.0. The van der Waals surface area contributed by atoms with Gasteiger partial charge in [-0.15, -0.1) is 5.10 Å². The molecule has 0 spiro atoms. The number of amides is 2. The number of carbonyl (C=O) groups is 2. The van der Waals surface area contributed by atoms with Crippen molar-refractivity contribution in [1.29, 1.82) is 0 Å². The van der Waals surface area contributed by atoms with Crippen molar-refractivity contribution >= 4 is 39.8 Å². The fourth-order valence-electron chi connectivity index (χ4n) is 3.75. The zero-order valence-electron chi connectivity index (χ0n) is 24.5. The Balaban J connectivity index is 0.000000518. The van der Waals surface area contributed by atoms with Gasteiger partial charge in [-0.25, -0.2) is 14.3 Å². The fraction of sp³-hybridized carbons (Fsp3) is 0.538. The SMILES string of the molecule is CCCCCCCNC(=O)N(C)c1nc(-c2ccc(CC(OCC)C(=O)O)cc2)n(C)n1.Cn1nc([N+](=O)[O-])nc1Br. The van der Waals surface area contributed by atoms with Crippen molar-refractivity contribution in [3.05, 3.63) is 44.7 Å². The third-order valence-electron chi connectivity index (χ3n) is 6.05. The third kappa shape index (κ3) is 10.5. The number of benzene rings is 1. The standard InChI is InChI=1S/C23H35N5O4.C3H3BrN4O2/c1-5-7-8-9-10-15-24-23(31)27(3)22-25-20(28(4)26-22)18-13-11-17(12-14-18)16-19(21(29)30)32-6-2;1-7-2(4)5-3(6-7)8(9)10/h11-14,19H,5-10,15-16H2,1-4H3,(H,24,31)(H,29,30);1H3. The molecular formula is C26H38BrN9O6. The lowest BCUT2D eigenvalue weighted by molar-refractivity contribution is -0.394. The normalized spacial score (nSPS) is 11.4. The minimum atomic E-state index is -0.976. The first-order valence-corrected chi connectivity index (χ1v) is 14.3. The lowest BCUT2D eigenvalue weighted by atomic mass is 10.1. The van der Waals surface area contributed by atoms with E-state index in [2.05, 4.69) is 48.3 Å². The first kappa shape index (κ1) is 34.3. The number of unbranched alkanes of at least 4 members (excludes halogenated alkanes) is 4. The summed E-state index contributed by atoms with van der Waals surface area (Å²) in [5, 5.41) is 30.0. The highest BCUT2D eigenvalue weighted by molar-refractivity contribution is 9.10. The van der Waals surface area contributed by atoms with Crippen LogP contribution in [0.3, 0.4) is 0 Å². The van der Waals surface area contributed by atoms with E-state index in [1.807, 2.05) is 24.3 Å². The molecule has 0 aliphatic carbocycles. The summed E-state index contributed by atoms with van der Waals surface area (Å²) in [6.45, 7) is 4.93. The molecule has 2 amide bonds. The first-order valence-electron chi connectivity index (χ1n) is 13.6. The van der Waals surface area contributed by atoms with Gasteiger partial charge < -0.3 is 25.3 Å². The number of carboxylic acids is 1. The van der Waals surface area contributed by atoms with Gasteiger partial charge in [0.25, 0.3) is 10.7 Å². The van der Waals surface area contributed by atoms with Crippen molar-refractivity contribution in [2.24, 2.45) is 14.1 Å². The van der Waals surface area contributed by atoms with Crippen LogP contribution >= 0.6 is 15.9 Å². The molecule has 0 bridgehead atoms. The molecule has 1 unspecified atom stereocenters. The number of ether oxygens (including phenoxy) is 1. The van der Waals surface area contributed by atoms with E-state index in [4.69, 9.17) is 4.74 Å². The van der Waals surface area contributed by atoms with Gasteiger partial charge in [0, 0.05) is 67.3 Å². The molecule has 0 aliphatic heterocycles. The maximum atomic E-state index is 12.4. The topological polar surface area (TPSA) is 183 Å². The van der Waals surface area contributed by atoms with E-state index in [1.165, 1.54) is 28.8 Å². The molecule has 42 heavy (non-hydrogen) atoms. The first-order chi connectivity index (χ1) is 20.0. The molecule has 0 aliphatic rings. The van der Waals surface area contributed by atoms with Gasteiger partial charge in [0.2, 0.25) is 0 Å². The number of halogens is 1. The van der Waals surface area contributed by atoms with Gasteiger partial charge in [0.1, 0.15) is 0 Å². The summed E-state index contributed by atoms with van der Waals surface area (Å²) >= 11 is 2.97. The van der Waals surface area contributed by atoms with Gasteiger partial charge in [0.05, 0.1) is 0 Å². The van der Waals surface area contributed by atoms with Crippen molar-refractivity contribution in [1.82, 2.24) is 34.8 Å². The number of aliphatic carboxylic acids is 1. The minimum Gasteiger partial charge on any atom is -0.479 e. The fourth-order valence-corrected chi connectivity index (χ4v) is 3.99. The van der Waals surface area contributed by atoms with Crippen LogP contribution in [0.2, 0.25) is 0 Å². The predicted octanol–water partition coefficient (Wildman–Crippen LogP) is 4.12. The van der Waals surface area contributed by atoms with Gasteiger partial charge in [0.15, 0.2) is 11.9 Å². The Morgan fingerprint density at radius 1 is 1.10 bits per heavy atom. The molecule has 2 N–H and O–H groups in total. The Morgan fingerprint density at radius 2 is 1.76 bits per heavy atom. The summed E-state index contributed by atoms with van der Waals surface area (Å²) in [4.78, 5) is 42.5. The summed E-state index contributed by atoms with van der Waals surface area (Å²) in [6, 6.07) is 7.21. The number of nitro groups is 1. The van der Waals surface area contributed by atoms with Crippen molar-refractivity contribution in [3.8, 4) is 11.4 Å². The van der Waals surface area contributed by atoms with E-state index < -0.39 is 22.9 Å². The number of aryl methyl sites for hydroxylation is 2. The molecule has 3 rings (SSSR count). The minimum absolute atomic E-state index is 0.233. The zero-order valence-corrected chi connectivity index (χ0v) is 26.1. The highest BCUT2D eigenvalue weighted by atomic mass is 79.9. The number of hydrogen-bond acceptors (Lipinski definition) is 9.